The van der Waals surface area contributed by atoms with Crippen LogP contribution >= 0.6 is 0 Å². The van der Waals surface area contributed by atoms with Gasteiger partial charge in [0.15, 0.2) is 18.9 Å². The van der Waals surface area contributed by atoms with Crippen LogP contribution in [0.4, 0.5) is 0 Å². The van der Waals surface area contributed by atoms with Crippen molar-refractivity contribution in [3.05, 3.63) is 134 Å². The van der Waals surface area contributed by atoms with Crippen LogP contribution in [-0.4, -0.2) is 193 Å². The minimum atomic E-state index is -1.99. The Balaban J connectivity index is 1.44. The van der Waals surface area contributed by atoms with E-state index in [9.17, 15) is 61.0 Å². The summed E-state index contributed by atoms with van der Waals surface area (Å²) >= 11 is 0. The largest absolute Gasteiger partial charge is 0.394 e. The van der Waals surface area contributed by atoms with Gasteiger partial charge in [-0.25, -0.2) is 0 Å². The zero-order valence-corrected chi connectivity index (χ0v) is 60.9. The van der Waals surface area contributed by atoms with Crippen molar-refractivity contribution in [2.24, 2.45) is 0 Å². The maximum atomic E-state index is 13.4. The molecule has 1 amide bonds. The highest BCUT2D eigenvalue weighted by molar-refractivity contribution is 5.76. The van der Waals surface area contributed by atoms with Crippen molar-refractivity contribution in [2.75, 3.05) is 26.4 Å². The predicted octanol–water partition coefficient (Wildman–Crippen LogP) is 12.1. The first-order chi connectivity index (χ1) is 48.8. The Morgan fingerprint density at radius 3 is 1.12 bits per heavy atom. The topological polar surface area (TPSA) is 307 Å². The number of hydrogen-bond donors (Lipinski definition) is 12. The Morgan fingerprint density at radius 2 is 0.700 bits per heavy atom. The minimum absolute atomic E-state index is 0.193. The fourth-order valence-electron chi connectivity index (χ4n) is 12.0. The number of aliphatic hydroxyl groups excluding tert-OH is 11. The number of ether oxygens (including phenoxy) is 6. The van der Waals surface area contributed by atoms with E-state index in [1.54, 1.807) is 6.08 Å². The number of carbonyl (C=O) groups excluding carboxylic acids is 1. The van der Waals surface area contributed by atoms with Crippen molar-refractivity contribution in [1.29, 1.82) is 0 Å². The molecule has 0 spiro atoms. The molecule has 0 aromatic heterocycles. The number of aliphatic hydroxyl groups is 11. The number of carbonyl (C=O) groups is 1. The Labute approximate surface area is 600 Å². The number of allylic oxidation sites excluding steroid dienone is 21. The lowest BCUT2D eigenvalue weighted by Gasteiger charge is -2.48. The average Bonchev–Trinajstić information content (AvgIpc) is 0.783. The van der Waals surface area contributed by atoms with E-state index in [2.05, 4.69) is 141 Å². The maximum Gasteiger partial charge on any atom is 0.220 e. The summed E-state index contributed by atoms with van der Waals surface area (Å²) in [6.07, 6.45) is 58.5. The van der Waals surface area contributed by atoms with Gasteiger partial charge in [0.25, 0.3) is 0 Å². The van der Waals surface area contributed by atoms with Crippen LogP contribution in [0.15, 0.2) is 134 Å². The average molecular weight is 1410 g/mol. The molecule has 0 aliphatic carbocycles. The van der Waals surface area contributed by atoms with Crippen LogP contribution in [0.3, 0.4) is 0 Å². The van der Waals surface area contributed by atoms with Gasteiger partial charge in [0.05, 0.1) is 38.6 Å². The molecule has 12 N–H and O–H groups in total. The van der Waals surface area contributed by atoms with E-state index in [0.29, 0.717) is 12.8 Å². The van der Waals surface area contributed by atoms with Crippen molar-refractivity contribution < 1.29 is 89.4 Å². The maximum absolute atomic E-state index is 13.4. The van der Waals surface area contributed by atoms with E-state index in [0.717, 1.165) is 103 Å². The lowest BCUT2D eigenvalue weighted by Crippen LogP contribution is -2.66. The van der Waals surface area contributed by atoms with Crippen LogP contribution in [0, 0.1) is 0 Å². The summed E-state index contributed by atoms with van der Waals surface area (Å²) in [7, 11) is 0. The molecule has 17 unspecified atom stereocenters. The van der Waals surface area contributed by atoms with Crippen molar-refractivity contribution in [1.82, 2.24) is 5.32 Å². The molecule has 100 heavy (non-hydrogen) atoms. The van der Waals surface area contributed by atoms with Crippen LogP contribution in [-0.2, 0) is 33.2 Å². The number of unbranched alkanes of at least 4 members (excludes halogenated alkanes) is 22. The van der Waals surface area contributed by atoms with Crippen LogP contribution in [0.25, 0.3) is 0 Å². The Hall–Kier alpha value is -4.07. The molecule has 0 aromatic carbocycles. The third kappa shape index (κ3) is 40.3. The predicted molar refractivity (Wildman–Crippen MR) is 396 cm³/mol. The highest BCUT2D eigenvalue weighted by atomic mass is 16.8. The van der Waals surface area contributed by atoms with Gasteiger partial charge in [-0.1, -0.05) is 257 Å². The molecule has 3 aliphatic heterocycles. The normalized spacial score (nSPS) is 27.2. The second-order valence-electron chi connectivity index (χ2n) is 26.7. The van der Waals surface area contributed by atoms with Gasteiger partial charge in [-0.3, -0.25) is 4.79 Å². The lowest BCUT2D eigenvalue weighted by molar-refractivity contribution is -0.379. The van der Waals surface area contributed by atoms with Gasteiger partial charge < -0.3 is 89.9 Å². The summed E-state index contributed by atoms with van der Waals surface area (Å²) in [6.45, 7) is 1.57. The second kappa shape index (κ2) is 60.2. The highest BCUT2D eigenvalue weighted by Gasteiger charge is 2.53. The van der Waals surface area contributed by atoms with Gasteiger partial charge >= 0.3 is 0 Å². The molecule has 0 aromatic rings. The first kappa shape index (κ1) is 90.1. The fraction of sp³-hybridized carbons (Fsp3) is 0.716. The molecule has 0 bridgehead atoms. The van der Waals surface area contributed by atoms with Crippen LogP contribution < -0.4 is 5.32 Å². The third-order valence-corrected chi connectivity index (χ3v) is 18.2. The molecule has 17 atom stereocenters. The van der Waals surface area contributed by atoms with E-state index in [1.807, 2.05) is 6.08 Å². The van der Waals surface area contributed by atoms with E-state index in [-0.39, 0.29) is 12.3 Å². The zero-order valence-electron chi connectivity index (χ0n) is 60.9. The Morgan fingerprint density at radius 1 is 0.370 bits per heavy atom. The Kier molecular flexibility index (Phi) is 54.3. The summed E-state index contributed by atoms with van der Waals surface area (Å²) in [6, 6.07) is -1.02. The number of rotatable bonds is 58. The van der Waals surface area contributed by atoms with Gasteiger partial charge in [0, 0.05) is 6.42 Å². The van der Waals surface area contributed by atoms with Gasteiger partial charge in [-0.15, -0.1) is 0 Å². The number of hydrogen-bond acceptors (Lipinski definition) is 18. The quantitative estimate of drug-likeness (QED) is 0.0199. The van der Waals surface area contributed by atoms with Crippen LogP contribution in [0.1, 0.15) is 239 Å². The molecule has 19 heteroatoms. The van der Waals surface area contributed by atoms with Crippen molar-refractivity contribution in [3.63, 3.8) is 0 Å². The van der Waals surface area contributed by atoms with Gasteiger partial charge in [-0.05, 0) is 109 Å². The van der Waals surface area contributed by atoms with Crippen molar-refractivity contribution in [3.8, 4) is 0 Å². The summed E-state index contributed by atoms with van der Waals surface area (Å²) in [5, 5.41) is 121. The van der Waals surface area contributed by atoms with Crippen LogP contribution in [0.2, 0.25) is 0 Å². The molecule has 572 valence electrons. The molecular weight excluding hydrogens is 1270 g/mol. The monoisotopic (exact) mass is 1410 g/mol. The molecule has 3 saturated heterocycles. The van der Waals surface area contributed by atoms with Gasteiger partial charge in [0.1, 0.15) is 73.2 Å². The smallest absolute Gasteiger partial charge is 0.220 e. The standard InChI is InChI=1S/C81H135NO18/c1-3-5-7-9-11-13-15-17-19-21-23-25-27-29-31-32-33-35-37-39-41-43-45-47-49-51-53-55-57-59-69(87)82-64(65(86)58-56-54-52-50-48-46-44-42-40-38-36-34-30-28-26-24-22-20-18-16-14-12-10-8-6-4-2)63-95-79-75(93)72(90)77(67(61-84)97-79)100-81-76(94)73(91)78(68(62-85)98-81)99-80-74(92)71(89)70(88)66(60-83)96-80/h5,7,11,13,17,19,23,25,29,31,33,35,39-42,45,47-48,50,56,58,64-68,70-81,83-86,88-94H,3-4,6,8-10,12,14-16,18,20-22,24,26-28,30,32,34,36-38,43-44,46,49,51-55,57,59-63H2,1-2H3,(H,82,87)/b7-5-,13-11-,19-17-,25-23-,31-29-,35-33-,41-39-,42-40+,47-45-,50-48+,58-56+. The lowest BCUT2D eigenvalue weighted by atomic mass is 9.96. The van der Waals surface area contributed by atoms with Crippen molar-refractivity contribution >= 4 is 5.91 Å². The first-order valence-corrected chi connectivity index (χ1v) is 38.4. The second-order valence-corrected chi connectivity index (χ2v) is 26.7. The number of nitrogens with one attached hydrogen (secondary N) is 1. The van der Waals surface area contributed by atoms with E-state index in [1.165, 1.54) is 103 Å². The van der Waals surface area contributed by atoms with Crippen molar-refractivity contribution in [2.45, 2.75) is 343 Å². The molecule has 3 heterocycles. The fourth-order valence-corrected chi connectivity index (χ4v) is 12.0. The van der Waals surface area contributed by atoms with Gasteiger partial charge in [0.2, 0.25) is 5.91 Å². The third-order valence-electron chi connectivity index (χ3n) is 18.2. The molecule has 0 saturated carbocycles. The van der Waals surface area contributed by atoms with E-state index in [4.69, 9.17) is 28.4 Å². The molecule has 3 fully saturated rings. The molecule has 0 radical (unpaired) electrons. The molecule has 3 rings (SSSR count). The van der Waals surface area contributed by atoms with Crippen LogP contribution in [0.5, 0.6) is 0 Å². The van der Waals surface area contributed by atoms with E-state index >= 15 is 0 Å². The molecular formula is C81H135NO18. The summed E-state index contributed by atoms with van der Waals surface area (Å²) in [5.41, 5.74) is 0. The molecule has 19 nitrogen and oxygen atoms in total. The highest BCUT2D eigenvalue weighted by Crippen LogP contribution is 2.33. The Bertz CT molecular complexity index is 2330. The summed E-state index contributed by atoms with van der Waals surface area (Å²) < 4.78 is 34.4. The van der Waals surface area contributed by atoms with Gasteiger partial charge in [-0.2, -0.15) is 0 Å². The summed E-state index contributed by atoms with van der Waals surface area (Å²) in [5.74, 6) is -0.319. The molecule has 3 aliphatic rings. The summed E-state index contributed by atoms with van der Waals surface area (Å²) in [4.78, 5) is 13.4. The zero-order chi connectivity index (χ0) is 72.5. The SMILES string of the molecule is CC/C=C\C/C=C\C/C=C\C/C=C\C/C=C\C/C=C\C/C=C\C/C=C\CCCCCCC(=O)NC(COC1OC(CO)C(OC2OC(CO)C(OC3OC(CO)C(O)C(O)C3O)C(O)C2O)C(O)C1O)C(O)/C=C/CC/C=C/CC/C=C/CCCCCCCCCCCCCCCCCC. The minimum Gasteiger partial charge on any atom is -0.394 e. The van der Waals surface area contributed by atoms with E-state index < -0.39 is 131 Å². The first-order valence-electron chi connectivity index (χ1n) is 38.4. The number of amides is 1.